The third-order valence-electron chi connectivity index (χ3n) is 2.98. The van der Waals surface area contributed by atoms with Crippen LogP contribution in [0.3, 0.4) is 0 Å². The van der Waals surface area contributed by atoms with E-state index in [2.05, 4.69) is 39.2 Å². The molecule has 1 aromatic carbocycles. The van der Waals surface area contributed by atoms with Crippen molar-refractivity contribution in [3.63, 3.8) is 0 Å². The molecule has 0 spiro atoms. The van der Waals surface area contributed by atoms with Crippen molar-refractivity contribution in [1.29, 1.82) is 0 Å². The molecule has 2 rings (SSSR count). The van der Waals surface area contributed by atoms with Crippen LogP contribution in [0, 0.1) is 5.82 Å². The highest BCUT2D eigenvalue weighted by atomic mass is 79.9. The van der Waals surface area contributed by atoms with Crippen LogP contribution in [0.2, 0.25) is 0 Å². The van der Waals surface area contributed by atoms with Crippen LogP contribution in [0.25, 0.3) is 0 Å². The number of pyridine rings is 1. The second-order valence-corrected chi connectivity index (χ2v) is 6.75. The fraction of sp³-hybridized carbons (Fsp3) is 0.312. The van der Waals surface area contributed by atoms with Crippen molar-refractivity contribution in [2.24, 2.45) is 0 Å². The molecule has 1 unspecified atom stereocenters. The summed E-state index contributed by atoms with van der Waals surface area (Å²) in [5.74, 6) is 0.709. The normalized spacial score (nSPS) is 12.3. The lowest BCUT2D eigenvalue weighted by Gasteiger charge is -2.17. The van der Waals surface area contributed by atoms with E-state index in [0.717, 1.165) is 28.1 Å². The first-order chi connectivity index (χ1) is 10.2. The SMILES string of the molecule is CCNC(CSc1cccc(F)c1)Cc1cncc(Br)c1. The molecule has 1 N–H and O–H groups in total. The summed E-state index contributed by atoms with van der Waals surface area (Å²) in [6.07, 6.45) is 4.58. The number of likely N-dealkylation sites (N-methyl/N-ethyl adjacent to an activating group) is 1. The minimum absolute atomic E-state index is 0.184. The predicted octanol–water partition coefficient (Wildman–Crippen LogP) is 4.30. The Morgan fingerprint density at radius 2 is 2.19 bits per heavy atom. The fourth-order valence-electron chi connectivity index (χ4n) is 2.08. The van der Waals surface area contributed by atoms with Crippen LogP contribution in [0.1, 0.15) is 12.5 Å². The Balaban J connectivity index is 1.95. The Bertz CT molecular complexity index is 580. The van der Waals surface area contributed by atoms with E-state index >= 15 is 0 Å². The minimum atomic E-state index is -0.184. The van der Waals surface area contributed by atoms with Gasteiger partial charge in [-0.3, -0.25) is 4.98 Å². The van der Waals surface area contributed by atoms with Gasteiger partial charge < -0.3 is 5.32 Å². The smallest absolute Gasteiger partial charge is 0.124 e. The van der Waals surface area contributed by atoms with Crippen LogP contribution in [0.5, 0.6) is 0 Å². The maximum absolute atomic E-state index is 13.2. The number of halogens is 2. The van der Waals surface area contributed by atoms with Crippen molar-refractivity contribution in [3.8, 4) is 0 Å². The van der Waals surface area contributed by atoms with Gasteiger partial charge in [0.1, 0.15) is 5.82 Å². The summed E-state index contributed by atoms with van der Waals surface area (Å²) in [7, 11) is 0. The quantitative estimate of drug-likeness (QED) is 0.737. The Morgan fingerprint density at radius 3 is 2.90 bits per heavy atom. The monoisotopic (exact) mass is 368 g/mol. The Kier molecular flexibility index (Phi) is 6.67. The number of thioether (sulfide) groups is 1. The van der Waals surface area contributed by atoms with Crippen molar-refractivity contribution in [3.05, 3.63) is 58.6 Å². The number of hydrogen-bond donors (Lipinski definition) is 1. The molecule has 0 aliphatic carbocycles. The van der Waals surface area contributed by atoms with Crippen LogP contribution in [-0.2, 0) is 6.42 Å². The van der Waals surface area contributed by atoms with Gasteiger partial charge in [0.25, 0.3) is 0 Å². The van der Waals surface area contributed by atoms with E-state index in [1.807, 2.05) is 12.3 Å². The first-order valence-electron chi connectivity index (χ1n) is 6.88. The summed E-state index contributed by atoms with van der Waals surface area (Å²) in [6.45, 7) is 3.01. The molecule has 0 amide bonds. The van der Waals surface area contributed by atoms with E-state index in [4.69, 9.17) is 0 Å². The summed E-state index contributed by atoms with van der Waals surface area (Å²) < 4.78 is 14.2. The van der Waals surface area contributed by atoms with Gasteiger partial charge in [0.2, 0.25) is 0 Å². The highest BCUT2D eigenvalue weighted by molar-refractivity contribution is 9.10. The second kappa shape index (κ2) is 8.51. The summed E-state index contributed by atoms with van der Waals surface area (Å²) in [6, 6.07) is 9.16. The molecule has 1 heterocycles. The van der Waals surface area contributed by atoms with Gasteiger partial charge in [-0.05, 0) is 58.7 Å². The molecule has 0 radical (unpaired) electrons. The van der Waals surface area contributed by atoms with Crippen LogP contribution in [0.4, 0.5) is 4.39 Å². The molecule has 0 fully saturated rings. The summed E-state index contributed by atoms with van der Waals surface area (Å²) in [5, 5.41) is 3.48. The Morgan fingerprint density at radius 1 is 1.33 bits per heavy atom. The van der Waals surface area contributed by atoms with Crippen molar-refractivity contribution in [2.75, 3.05) is 12.3 Å². The molecule has 0 aliphatic rings. The predicted molar refractivity (Wildman–Crippen MR) is 90.2 cm³/mol. The first-order valence-corrected chi connectivity index (χ1v) is 8.66. The van der Waals surface area contributed by atoms with E-state index in [1.54, 1.807) is 30.1 Å². The van der Waals surface area contributed by atoms with Gasteiger partial charge in [0.05, 0.1) is 0 Å². The molecule has 1 aromatic heterocycles. The van der Waals surface area contributed by atoms with Gasteiger partial charge in [-0.15, -0.1) is 11.8 Å². The second-order valence-electron chi connectivity index (χ2n) is 4.74. The molecule has 0 saturated carbocycles. The number of nitrogens with zero attached hydrogens (tertiary/aromatic N) is 1. The standard InChI is InChI=1S/C16H18BrFN2S/c1-2-20-15(7-12-6-13(17)10-19-9-12)11-21-16-5-3-4-14(18)8-16/h3-6,8-10,15,20H,2,7,11H2,1H3. The minimum Gasteiger partial charge on any atom is -0.313 e. The molecule has 0 bridgehead atoms. The van der Waals surface area contributed by atoms with Crippen molar-refractivity contribution < 1.29 is 4.39 Å². The number of rotatable bonds is 7. The van der Waals surface area contributed by atoms with E-state index in [1.165, 1.54) is 11.6 Å². The molecule has 2 aromatic rings. The highest BCUT2D eigenvalue weighted by Gasteiger charge is 2.10. The summed E-state index contributed by atoms with van der Waals surface area (Å²) in [5.41, 5.74) is 1.19. The van der Waals surface area contributed by atoms with Gasteiger partial charge >= 0.3 is 0 Å². The van der Waals surface area contributed by atoms with Crippen LogP contribution in [-0.4, -0.2) is 23.3 Å². The Hall–Kier alpha value is -0.910. The molecule has 1 atom stereocenters. The molecule has 0 saturated heterocycles. The van der Waals surface area contributed by atoms with E-state index in [9.17, 15) is 4.39 Å². The van der Waals surface area contributed by atoms with E-state index in [0.29, 0.717) is 6.04 Å². The average Bonchev–Trinajstić information content (AvgIpc) is 2.45. The van der Waals surface area contributed by atoms with Crippen molar-refractivity contribution in [1.82, 2.24) is 10.3 Å². The van der Waals surface area contributed by atoms with Crippen LogP contribution in [0.15, 0.2) is 52.1 Å². The summed E-state index contributed by atoms with van der Waals surface area (Å²) >= 11 is 5.12. The first kappa shape index (κ1) is 16.5. The molecule has 5 heteroatoms. The maximum Gasteiger partial charge on any atom is 0.124 e. The van der Waals surface area contributed by atoms with E-state index < -0.39 is 0 Å². The lowest BCUT2D eigenvalue weighted by molar-refractivity contribution is 0.571. The average molecular weight is 369 g/mol. The van der Waals surface area contributed by atoms with Crippen molar-refractivity contribution >= 4 is 27.7 Å². The number of nitrogens with one attached hydrogen (secondary N) is 1. The molecule has 21 heavy (non-hydrogen) atoms. The lowest BCUT2D eigenvalue weighted by atomic mass is 10.1. The lowest BCUT2D eigenvalue weighted by Crippen LogP contribution is -2.33. The van der Waals surface area contributed by atoms with Gasteiger partial charge in [-0.25, -0.2) is 4.39 Å². The van der Waals surface area contributed by atoms with Gasteiger partial charge in [-0.1, -0.05) is 13.0 Å². The fourth-order valence-corrected chi connectivity index (χ4v) is 3.50. The molecular weight excluding hydrogens is 351 g/mol. The van der Waals surface area contributed by atoms with Gasteiger partial charge in [0.15, 0.2) is 0 Å². The summed E-state index contributed by atoms with van der Waals surface area (Å²) in [4.78, 5) is 5.16. The molecule has 2 nitrogen and oxygen atoms in total. The van der Waals surface area contributed by atoms with Gasteiger partial charge in [-0.2, -0.15) is 0 Å². The Labute approximate surface area is 137 Å². The van der Waals surface area contributed by atoms with Crippen LogP contribution >= 0.6 is 27.7 Å². The zero-order valence-corrected chi connectivity index (χ0v) is 14.3. The zero-order valence-electron chi connectivity index (χ0n) is 11.9. The third kappa shape index (κ3) is 5.77. The number of benzene rings is 1. The van der Waals surface area contributed by atoms with Gasteiger partial charge in [0, 0.05) is 33.6 Å². The van der Waals surface area contributed by atoms with Crippen molar-refractivity contribution in [2.45, 2.75) is 24.3 Å². The van der Waals surface area contributed by atoms with E-state index in [-0.39, 0.29) is 5.82 Å². The topological polar surface area (TPSA) is 24.9 Å². The molecule has 0 aliphatic heterocycles. The number of hydrogen-bond acceptors (Lipinski definition) is 3. The third-order valence-corrected chi connectivity index (χ3v) is 4.57. The van der Waals surface area contributed by atoms with Crippen LogP contribution < -0.4 is 5.32 Å². The largest absolute Gasteiger partial charge is 0.313 e. The highest BCUT2D eigenvalue weighted by Crippen LogP contribution is 2.21. The number of aromatic nitrogens is 1. The maximum atomic E-state index is 13.2. The zero-order chi connectivity index (χ0) is 15.1. The molecular formula is C16H18BrFN2S. The molecule has 112 valence electrons.